The highest BCUT2D eigenvalue weighted by Gasteiger charge is 1.99. The zero-order valence-corrected chi connectivity index (χ0v) is 14.6. The summed E-state index contributed by atoms with van der Waals surface area (Å²) in [5, 5.41) is 2.71. The third kappa shape index (κ3) is 15.5. The molecular weight excluding hydrogens is 262 g/mol. The number of unbranched alkanes of at least 4 members (excludes halogenated alkanes) is 9. The number of nitrogens with one attached hydrogen (secondary N) is 1. The van der Waals surface area contributed by atoms with Gasteiger partial charge < -0.3 is 10.1 Å². The van der Waals surface area contributed by atoms with Crippen LogP contribution in [0.1, 0.15) is 90.9 Å². The summed E-state index contributed by atoms with van der Waals surface area (Å²) in [5.41, 5.74) is 0. The van der Waals surface area contributed by atoms with Gasteiger partial charge in [0.15, 0.2) is 0 Å². The first-order valence-electron chi connectivity index (χ1n) is 9.02. The fourth-order valence-corrected chi connectivity index (χ4v) is 2.50. The van der Waals surface area contributed by atoms with Gasteiger partial charge in [-0.15, -0.1) is 0 Å². The van der Waals surface area contributed by atoms with Crippen molar-refractivity contribution in [2.24, 2.45) is 5.92 Å². The van der Waals surface area contributed by atoms with E-state index in [0.717, 1.165) is 18.9 Å². The Balaban J connectivity index is 3.04. The Morgan fingerprint density at radius 3 is 1.86 bits per heavy atom. The Kier molecular flexibility index (Phi) is 15.1. The van der Waals surface area contributed by atoms with E-state index >= 15 is 0 Å². The molecule has 1 amide bonds. The predicted molar refractivity (Wildman–Crippen MR) is 90.6 cm³/mol. The van der Waals surface area contributed by atoms with E-state index in [1.165, 1.54) is 77.7 Å². The highest BCUT2D eigenvalue weighted by molar-refractivity contribution is 5.66. The number of alkyl carbamates (subject to hydrolysis) is 1. The lowest BCUT2D eigenvalue weighted by Gasteiger charge is -2.07. The van der Waals surface area contributed by atoms with Crippen molar-refractivity contribution >= 4 is 6.09 Å². The predicted octanol–water partition coefficient (Wildman–Crippen LogP) is 5.68. The van der Waals surface area contributed by atoms with Gasteiger partial charge in [-0.25, -0.2) is 4.79 Å². The van der Waals surface area contributed by atoms with Crippen LogP contribution in [0.25, 0.3) is 0 Å². The fraction of sp³-hybridized carbons (Fsp3) is 0.944. The summed E-state index contributed by atoms with van der Waals surface area (Å²) in [6.45, 7) is 5.39. The summed E-state index contributed by atoms with van der Waals surface area (Å²) in [4.78, 5) is 10.8. The Morgan fingerprint density at radius 1 is 0.905 bits per heavy atom. The summed E-state index contributed by atoms with van der Waals surface area (Å²) in [7, 11) is 1.40. The first-order valence-corrected chi connectivity index (χ1v) is 9.02. The largest absolute Gasteiger partial charge is 0.453 e. The summed E-state index contributed by atoms with van der Waals surface area (Å²) < 4.78 is 4.52. The van der Waals surface area contributed by atoms with Gasteiger partial charge in [0.2, 0.25) is 0 Å². The SMILES string of the molecule is CCC(C)CCCCCCCCCCCCNC(=O)OC. The van der Waals surface area contributed by atoms with Gasteiger partial charge in [-0.05, 0) is 12.3 Å². The minimum atomic E-state index is -0.316. The fourth-order valence-electron chi connectivity index (χ4n) is 2.50. The molecule has 0 rings (SSSR count). The standard InChI is InChI=1S/C18H37NO2/c1-4-17(2)15-13-11-9-7-5-6-8-10-12-14-16-19-18(20)21-3/h17H,4-16H2,1-3H3,(H,19,20). The Morgan fingerprint density at radius 2 is 1.38 bits per heavy atom. The lowest BCUT2D eigenvalue weighted by atomic mass is 9.99. The topological polar surface area (TPSA) is 38.3 Å². The van der Waals surface area contributed by atoms with Gasteiger partial charge in [0.1, 0.15) is 0 Å². The van der Waals surface area contributed by atoms with Crippen LogP contribution in [0.5, 0.6) is 0 Å². The van der Waals surface area contributed by atoms with E-state index < -0.39 is 0 Å². The van der Waals surface area contributed by atoms with Crippen LogP contribution in [0.4, 0.5) is 4.79 Å². The van der Waals surface area contributed by atoms with Crippen molar-refractivity contribution < 1.29 is 9.53 Å². The minimum Gasteiger partial charge on any atom is -0.453 e. The summed E-state index contributed by atoms with van der Waals surface area (Å²) in [6.07, 6.45) is 15.7. The molecule has 126 valence electrons. The van der Waals surface area contributed by atoms with Crippen molar-refractivity contribution in [3.63, 3.8) is 0 Å². The molecule has 0 aromatic carbocycles. The van der Waals surface area contributed by atoms with Crippen LogP contribution < -0.4 is 5.32 Å². The molecule has 0 aliphatic carbocycles. The molecule has 0 radical (unpaired) electrons. The number of rotatable bonds is 14. The third-order valence-electron chi connectivity index (χ3n) is 4.28. The highest BCUT2D eigenvalue weighted by Crippen LogP contribution is 2.15. The van der Waals surface area contributed by atoms with Gasteiger partial charge in [0.25, 0.3) is 0 Å². The van der Waals surface area contributed by atoms with Crippen LogP contribution in [0, 0.1) is 5.92 Å². The van der Waals surface area contributed by atoms with Crippen molar-refractivity contribution in [2.75, 3.05) is 13.7 Å². The minimum absolute atomic E-state index is 0.316. The molecule has 0 aliphatic rings. The normalized spacial score (nSPS) is 12.1. The van der Waals surface area contributed by atoms with E-state index in [9.17, 15) is 4.79 Å². The maximum atomic E-state index is 10.8. The van der Waals surface area contributed by atoms with E-state index in [4.69, 9.17) is 0 Å². The smallest absolute Gasteiger partial charge is 0.406 e. The van der Waals surface area contributed by atoms with Crippen molar-refractivity contribution in [1.82, 2.24) is 5.32 Å². The lowest BCUT2D eigenvalue weighted by Crippen LogP contribution is -2.23. The summed E-state index contributed by atoms with van der Waals surface area (Å²) in [6, 6.07) is 0. The molecule has 0 aromatic heterocycles. The van der Waals surface area contributed by atoms with E-state index in [1.54, 1.807) is 0 Å². The molecule has 0 saturated heterocycles. The van der Waals surface area contributed by atoms with Gasteiger partial charge >= 0.3 is 6.09 Å². The summed E-state index contributed by atoms with van der Waals surface area (Å²) in [5.74, 6) is 0.915. The van der Waals surface area contributed by atoms with Gasteiger partial charge in [-0.3, -0.25) is 0 Å². The maximum Gasteiger partial charge on any atom is 0.406 e. The Bertz CT molecular complexity index is 231. The second kappa shape index (κ2) is 15.7. The molecule has 0 spiro atoms. The van der Waals surface area contributed by atoms with Crippen LogP contribution in [-0.2, 0) is 4.74 Å². The van der Waals surface area contributed by atoms with Gasteiger partial charge in [-0.2, -0.15) is 0 Å². The zero-order chi connectivity index (χ0) is 15.8. The number of amides is 1. The molecule has 0 heterocycles. The third-order valence-corrected chi connectivity index (χ3v) is 4.28. The number of ether oxygens (including phenoxy) is 1. The number of hydrogen-bond donors (Lipinski definition) is 1. The quantitative estimate of drug-likeness (QED) is 0.419. The Labute approximate surface area is 132 Å². The first-order chi connectivity index (χ1) is 10.2. The molecule has 1 unspecified atom stereocenters. The first kappa shape index (κ1) is 20.3. The van der Waals surface area contributed by atoms with Crippen molar-refractivity contribution in [3.8, 4) is 0 Å². The monoisotopic (exact) mass is 299 g/mol. The average molecular weight is 299 g/mol. The molecular formula is C18H37NO2. The number of methoxy groups -OCH3 is 1. The molecule has 0 bridgehead atoms. The second-order valence-corrected chi connectivity index (χ2v) is 6.26. The molecule has 1 N–H and O–H groups in total. The van der Waals surface area contributed by atoms with Crippen LogP contribution in [-0.4, -0.2) is 19.7 Å². The van der Waals surface area contributed by atoms with Crippen LogP contribution in [0.15, 0.2) is 0 Å². The lowest BCUT2D eigenvalue weighted by molar-refractivity contribution is 0.171. The molecule has 3 nitrogen and oxygen atoms in total. The van der Waals surface area contributed by atoms with E-state index in [2.05, 4.69) is 23.9 Å². The van der Waals surface area contributed by atoms with Gasteiger partial charge in [0, 0.05) is 6.54 Å². The molecule has 1 atom stereocenters. The van der Waals surface area contributed by atoms with Crippen molar-refractivity contribution in [3.05, 3.63) is 0 Å². The maximum absolute atomic E-state index is 10.8. The second-order valence-electron chi connectivity index (χ2n) is 6.26. The molecule has 0 saturated carbocycles. The van der Waals surface area contributed by atoms with E-state index in [0.29, 0.717) is 0 Å². The number of hydrogen-bond acceptors (Lipinski definition) is 2. The Hall–Kier alpha value is -0.730. The molecule has 0 fully saturated rings. The number of carbonyl (C=O) groups is 1. The molecule has 0 aromatic rings. The van der Waals surface area contributed by atoms with Gasteiger partial charge in [-0.1, -0.05) is 84.5 Å². The summed E-state index contributed by atoms with van der Waals surface area (Å²) >= 11 is 0. The van der Waals surface area contributed by atoms with Crippen molar-refractivity contribution in [1.29, 1.82) is 0 Å². The van der Waals surface area contributed by atoms with E-state index in [-0.39, 0.29) is 6.09 Å². The van der Waals surface area contributed by atoms with E-state index in [1.807, 2.05) is 0 Å². The van der Waals surface area contributed by atoms with Crippen LogP contribution in [0.3, 0.4) is 0 Å². The molecule has 21 heavy (non-hydrogen) atoms. The average Bonchev–Trinajstić information content (AvgIpc) is 2.51. The molecule has 0 aliphatic heterocycles. The van der Waals surface area contributed by atoms with Crippen molar-refractivity contribution in [2.45, 2.75) is 90.9 Å². The van der Waals surface area contributed by atoms with Crippen LogP contribution in [0.2, 0.25) is 0 Å². The number of carbonyl (C=O) groups excluding carboxylic acids is 1. The zero-order valence-electron chi connectivity index (χ0n) is 14.6. The van der Waals surface area contributed by atoms with Crippen LogP contribution >= 0.6 is 0 Å². The van der Waals surface area contributed by atoms with Gasteiger partial charge in [0.05, 0.1) is 7.11 Å². The highest BCUT2D eigenvalue weighted by atomic mass is 16.5. The molecule has 3 heteroatoms.